The van der Waals surface area contributed by atoms with E-state index in [0.717, 1.165) is 16.8 Å². The highest BCUT2D eigenvalue weighted by molar-refractivity contribution is 5.85. The predicted molar refractivity (Wildman–Crippen MR) is 86.8 cm³/mol. The first kappa shape index (κ1) is 18.2. The number of hydrogen-bond donors (Lipinski definition) is 2. The van der Waals surface area contributed by atoms with Crippen molar-refractivity contribution in [3.63, 3.8) is 0 Å². The monoisotopic (exact) mass is 326 g/mol. The first-order valence-corrected chi connectivity index (χ1v) is 6.88. The maximum absolute atomic E-state index is 12.4. The Morgan fingerprint density at radius 2 is 1.95 bits per heavy atom. The molecule has 2 aromatic rings. The van der Waals surface area contributed by atoms with Gasteiger partial charge in [-0.15, -0.1) is 12.4 Å². The lowest BCUT2D eigenvalue weighted by atomic mass is 10.1. The number of carbonyl (C=O) groups is 1. The lowest BCUT2D eigenvalue weighted by molar-refractivity contribution is -0.123. The molecule has 2 N–H and O–H groups in total. The molecule has 2 unspecified atom stereocenters. The van der Waals surface area contributed by atoms with Gasteiger partial charge in [0.1, 0.15) is 6.04 Å². The van der Waals surface area contributed by atoms with E-state index in [-0.39, 0.29) is 24.4 Å². The van der Waals surface area contributed by atoms with Gasteiger partial charge >= 0.3 is 0 Å². The largest absolute Gasteiger partial charge is 0.348 e. The summed E-state index contributed by atoms with van der Waals surface area (Å²) < 4.78 is 3.48. The molecular formula is C14H23ClN6O. The summed E-state index contributed by atoms with van der Waals surface area (Å²) in [6.45, 7) is 3.94. The molecule has 0 fully saturated rings. The molecule has 0 aliphatic heterocycles. The first-order chi connectivity index (χ1) is 9.93. The van der Waals surface area contributed by atoms with Crippen LogP contribution in [0.5, 0.6) is 0 Å². The van der Waals surface area contributed by atoms with Gasteiger partial charge in [-0.1, -0.05) is 0 Å². The molecule has 0 aliphatic rings. The van der Waals surface area contributed by atoms with Crippen LogP contribution in [0.15, 0.2) is 18.6 Å². The summed E-state index contributed by atoms with van der Waals surface area (Å²) in [5.41, 5.74) is 2.91. The lowest BCUT2D eigenvalue weighted by Crippen LogP contribution is -2.37. The second-order valence-corrected chi connectivity index (χ2v) is 5.21. The van der Waals surface area contributed by atoms with Gasteiger partial charge in [0, 0.05) is 37.1 Å². The van der Waals surface area contributed by atoms with Crippen LogP contribution in [0.3, 0.4) is 0 Å². The summed E-state index contributed by atoms with van der Waals surface area (Å²) in [6.07, 6.45) is 5.32. The highest BCUT2D eigenvalue weighted by atomic mass is 35.5. The SMILES string of the molecule is CNC(C(=O)NC(C)c1cnn(C)c1C)c1cnn(C)c1.Cl. The number of halogens is 1. The smallest absolute Gasteiger partial charge is 0.242 e. The molecule has 0 aromatic carbocycles. The van der Waals surface area contributed by atoms with Gasteiger partial charge in [0.15, 0.2) is 0 Å². The Balaban J connectivity index is 0.00000242. The van der Waals surface area contributed by atoms with E-state index in [4.69, 9.17) is 0 Å². The van der Waals surface area contributed by atoms with E-state index in [0.29, 0.717) is 0 Å². The van der Waals surface area contributed by atoms with E-state index >= 15 is 0 Å². The fourth-order valence-corrected chi connectivity index (χ4v) is 2.35. The second kappa shape index (κ2) is 7.42. The van der Waals surface area contributed by atoms with Gasteiger partial charge in [0.25, 0.3) is 0 Å². The summed E-state index contributed by atoms with van der Waals surface area (Å²) in [5.74, 6) is -0.0822. The standard InChI is InChI=1S/C14H22N6O.ClH/c1-9(12-7-17-20(5)10(12)2)18-14(21)13(15-3)11-6-16-19(4)8-11;/h6-9,13,15H,1-5H3,(H,18,21);1H. The number of carbonyl (C=O) groups excluding carboxylic acids is 1. The van der Waals surface area contributed by atoms with Crippen LogP contribution in [0.25, 0.3) is 0 Å². The van der Waals surface area contributed by atoms with Crippen molar-refractivity contribution in [2.45, 2.75) is 25.9 Å². The van der Waals surface area contributed by atoms with Crippen LogP contribution in [0.4, 0.5) is 0 Å². The summed E-state index contributed by atoms with van der Waals surface area (Å²) in [5, 5.41) is 14.4. The number of amides is 1. The number of nitrogens with zero attached hydrogens (tertiary/aromatic N) is 4. The highest BCUT2D eigenvalue weighted by Gasteiger charge is 2.23. The molecule has 7 nitrogen and oxygen atoms in total. The summed E-state index contributed by atoms with van der Waals surface area (Å²) in [6, 6.07) is -0.517. The van der Waals surface area contributed by atoms with Crippen molar-refractivity contribution in [1.29, 1.82) is 0 Å². The highest BCUT2D eigenvalue weighted by Crippen LogP contribution is 2.18. The molecule has 2 heterocycles. The van der Waals surface area contributed by atoms with Gasteiger partial charge in [-0.25, -0.2) is 0 Å². The molecule has 1 amide bonds. The zero-order valence-corrected chi connectivity index (χ0v) is 14.3. The van der Waals surface area contributed by atoms with E-state index in [9.17, 15) is 4.79 Å². The summed E-state index contributed by atoms with van der Waals surface area (Å²) >= 11 is 0. The van der Waals surface area contributed by atoms with Gasteiger partial charge < -0.3 is 10.6 Å². The quantitative estimate of drug-likeness (QED) is 0.860. The number of aromatic nitrogens is 4. The van der Waals surface area contributed by atoms with Crippen LogP contribution in [0.2, 0.25) is 0 Å². The fraction of sp³-hybridized carbons (Fsp3) is 0.500. The third-order valence-corrected chi connectivity index (χ3v) is 3.71. The number of rotatable bonds is 5. The topological polar surface area (TPSA) is 76.8 Å². The Kier molecular flexibility index (Phi) is 6.13. The number of hydrogen-bond acceptors (Lipinski definition) is 4. The molecule has 2 aromatic heterocycles. The molecule has 0 radical (unpaired) electrons. The fourth-order valence-electron chi connectivity index (χ4n) is 2.35. The van der Waals surface area contributed by atoms with Gasteiger partial charge in [-0.3, -0.25) is 14.2 Å². The van der Waals surface area contributed by atoms with Crippen LogP contribution in [-0.2, 0) is 18.9 Å². The zero-order valence-electron chi connectivity index (χ0n) is 13.5. The van der Waals surface area contributed by atoms with E-state index in [1.807, 2.05) is 34.1 Å². The van der Waals surface area contributed by atoms with E-state index < -0.39 is 6.04 Å². The Morgan fingerprint density at radius 3 is 2.41 bits per heavy atom. The predicted octanol–water partition coefficient (Wildman–Crippen LogP) is 1.02. The van der Waals surface area contributed by atoms with Crippen molar-refractivity contribution in [3.05, 3.63) is 35.4 Å². The van der Waals surface area contributed by atoms with Gasteiger partial charge in [-0.2, -0.15) is 10.2 Å². The molecule has 122 valence electrons. The molecule has 2 atom stereocenters. The summed E-state index contributed by atoms with van der Waals surface area (Å²) in [4.78, 5) is 12.4. The lowest BCUT2D eigenvalue weighted by Gasteiger charge is -2.19. The first-order valence-electron chi connectivity index (χ1n) is 6.88. The van der Waals surface area contributed by atoms with Crippen molar-refractivity contribution < 1.29 is 4.79 Å². The number of likely N-dealkylation sites (N-methyl/N-ethyl adjacent to an activating group) is 1. The average molecular weight is 327 g/mol. The van der Waals surface area contributed by atoms with E-state index in [1.54, 1.807) is 28.8 Å². The Morgan fingerprint density at radius 1 is 1.27 bits per heavy atom. The van der Waals surface area contributed by atoms with Crippen molar-refractivity contribution in [2.75, 3.05) is 7.05 Å². The Hall–Kier alpha value is -1.86. The minimum atomic E-state index is -0.418. The van der Waals surface area contributed by atoms with Crippen LogP contribution in [0, 0.1) is 6.92 Å². The van der Waals surface area contributed by atoms with Crippen molar-refractivity contribution in [1.82, 2.24) is 30.2 Å². The maximum atomic E-state index is 12.4. The molecule has 8 heteroatoms. The summed E-state index contributed by atoms with van der Waals surface area (Å²) in [7, 11) is 5.48. The number of nitrogens with one attached hydrogen (secondary N) is 2. The molecule has 22 heavy (non-hydrogen) atoms. The van der Waals surface area contributed by atoms with Crippen molar-refractivity contribution in [3.8, 4) is 0 Å². The maximum Gasteiger partial charge on any atom is 0.242 e. The second-order valence-electron chi connectivity index (χ2n) is 5.21. The van der Waals surface area contributed by atoms with Crippen LogP contribution in [0.1, 0.15) is 35.8 Å². The van der Waals surface area contributed by atoms with Gasteiger partial charge in [0.05, 0.1) is 18.4 Å². The molecule has 0 aliphatic carbocycles. The third kappa shape index (κ3) is 3.66. The molecular weight excluding hydrogens is 304 g/mol. The Labute approximate surface area is 136 Å². The number of aryl methyl sites for hydroxylation is 2. The Bertz CT molecular complexity index is 635. The molecule has 0 bridgehead atoms. The minimum absolute atomic E-state index is 0. The van der Waals surface area contributed by atoms with Crippen LogP contribution in [-0.4, -0.2) is 32.5 Å². The molecule has 0 spiro atoms. The van der Waals surface area contributed by atoms with E-state index in [1.165, 1.54) is 0 Å². The van der Waals surface area contributed by atoms with Crippen molar-refractivity contribution >= 4 is 18.3 Å². The molecule has 2 rings (SSSR count). The van der Waals surface area contributed by atoms with Crippen LogP contribution >= 0.6 is 12.4 Å². The normalized spacial score (nSPS) is 13.3. The van der Waals surface area contributed by atoms with Crippen LogP contribution < -0.4 is 10.6 Å². The molecule has 0 saturated heterocycles. The van der Waals surface area contributed by atoms with Gasteiger partial charge in [0.2, 0.25) is 5.91 Å². The molecule has 0 saturated carbocycles. The van der Waals surface area contributed by atoms with Crippen molar-refractivity contribution in [2.24, 2.45) is 14.1 Å². The zero-order chi connectivity index (χ0) is 15.6. The minimum Gasteiger partial charge on any atom is -0.348 e. The van der Waals surface area contributed by atoms with E-state index in [2.05, 4.69) is 20.8 Å². The third-order valence-electron chi connectivity index (χ3n) is 3.71. The average Bonchev–Trinajstić information content (AvgIpc) is 2.98. The van der Waals surface area contributed by atoms with Gasteiger partial charge in [-0.05, 0) is 20.9 Å².